The Kier molecular flexibility index (Phi) is 10.8. The average Bonchev–Trinajstić information content (AvgIpc) is 3.14. The van der Waals surface area contributed by atoms with Gasteiger partial charge in [0.15, 0.2) is 5.82 Å². The molecular formula is C16H23BClN7O4. The van der Waals surface area contributed by atoms with Crippen molar-refractivity contribution in [2.24, 2.45) is 5.73 Å². The number of hydrogen-bond donors (Lipinski definition) is 4. The zero-order chi connectivity index (χ0) is 20.4. The Balaban J connectivity index is 0.00000420. The van der Waals surface area contributed by atoms with Crippen molar-refractivity contribution >= 4 is 25.6 Å². The van der Waals surface area contributed by atoms with Crippen LogP contribution in [0.3, 0.4) is 0 Å². The van der Waals surface area contributed by atoms with Gasteiger partial charge in [0.2, 0.25) is 5.91 Å². The Hall–Kier alpha value is -2.56. The van der Waals surface area contributed by atoms with Gasteiger partial charge in [0.05, 0.1) is 17.7 Å². The van der Waals surface area contributed by atoms with Crippen LogP contribution in [-0.2, 0) is 22.5 Å². The number of nitrogens with two attached hydrogens (primary N) is 1. The van der Waals surface area contributed by atoms with Gasteiger partial charge in [-0.05, 0) is 47.4 Å². The third-order valence-corrected chi connectivity index (χ3v) is 3.93. The third kappa shape index (κ3) is 8.55. The molecule has 5 N–H and O–H groups in total. The number of amides is 1. The van der Waals surface area contributed by atoms with Crippen LogP contribution in [0.1, 0.15) is 42.3 Å². The number of rotatable bonds is 11. The molecule has 1 amide bonds. The molecule has 1 heterocycles. The number of benzene rings is 1. The maximum absolute atomic E-state index is 12.2. The molecule has 0 spiro atoms. The molecule has 1 atom stereocenters. The lowest BCUT2D eigenvalue weighted by atomic mass is 10.1. The Morgan fingerprint density at radius 3 is 2.72 bits per heavy atom. The second-order valence-corrected chi connectivity index (χ2v) is 6.08. The fraction of sp³-hybridized carbons (Fsp3) is 0.438. The largest absolute Gasteiger partial charge is 0.633 e. The van der Waals surface area contributed by atoms with E-state index in [1.807, 2.05) is 6.07 Å². The molecule has 0 aliphatic carbocycles. The van der Waals surface area contributed by atoms with Crippen LogP contribution in [0.15, 0.2) is 24.3 Å². The minimum atomic E-state index is -1.77. The van der Waals surface area contributed by atoms with Crippen molar-refractivity contribution in [3.05, 3.63) is 41.2 Å². The molecule has 0 saturated heterocycles. The first kappa shape index (κ1) is 24.5. The van der Waals surface area contributed by atoms with Crippen LogP contribution in [0.5, 0.6) is 0 Å². The number of nitriles is 1. The van der Waals surface area contributed by atoms with Crippen molar-refractivity contribution in [3.63, 3.8) is 0 Å². The van der Waals surface area contributed by atoms with Crippen LogP contribution in [-0.4, -0.2) is 50.1 Å². The van der Waals surface area contributed by atoms with Crippen molar-refractivity contribution < 1.29 is 19.5 Å². The second-order valence-electron chi connectivity index (χ2n) is 6.08. The SMILES string of the molecule is Cl.N#Cc1ccc(CNC(=O)Cn2nnnc2C(N)CCCCOB(O)O)cc1. The van der Waals surface area contributed by atoms with Gasteiger partial charge in [0.25, 0.3) is 0 Å². The summed E-state index contributed by atoms with van der Waals surface area (Å²) in [6.07, 6.45) is 1.82. The van der Waals surface area contributed by atoms with Crippen molar-refractivity contribution in [2.75, 3.05) is 6.61 Å². The van der Waals surface area contributed by atoms with Crippen LogP contribution >= 0.6 is 12.4 Å². The van der Waals surface area contributed by atoms with Crippen LogP contribution in [0.4, 0.5) is 0 Å². The van der Waals surface area contributed by atoms with Gasteiger partial charge in [0.1, 0.15) is 6.54 Å². The van der Waals surface area contributed by atoms with Crippen LogP contribution < -0.4 is 11.1 Å². The molecule has 1 aromatic heterocycles. The van der Waals surface area contributed by atoms with E-state index in [-0.39, 0.29) is 31.5 Å². The molecule has 2 aromatic rings. The molecular weight excluding hydrogens is 400 g/mol. The topological polar surface area (TPSA) is 172 Å². The first-order valence-corrected chi connectivity index (χ1v) is 8.74. The standard InChI is InChI=1S/C16H22BN7O4.ClH/c18-9-12-4-6-13(7-5-12)10-20-15(25)11-24-16(21-22-23-24)14(19)3-1-2-8-28-17(26)27;/h4-7,14,26-27H,1-3,8,10-11,19H2,(H,20,25);1H. The normalized spacial score (nSPS) is 11.2. The third-order valence-electron chi connectivity index (χ3n) is 3.93. The zero-order valence-electron chi connectivity index (χ0n) is 15.6. The summed E-state index contributed by atoms with van der Waals surface area (Å²) in [4.78, 5) is 12.2. The smallest absolute Gasteiger partial charge is 0.402 e. The van der Waals surface area contributed by atoms with E-state index >= 15 is 0 Å². The van der Waals surface area contributed by atoms with Crippen molar-refractivity contribution in [3.8, 4) is 6.07 Å². The van der Waals surface area contributed by atoms with E-state index in [9.17, 15) is 4.79 Å². The molecule has 0 aliphatic heterocycles. The molecule has 0 aliphatic rings. The molecule has 156 valence electrons. The van der Waals surface area contributed by atoms with E-state index in [1.54, 1.807) is 24.3 Å². The summed E-state index contributed by atoms with van der Waals surface area (Å²) in [5.41, 5.74) is 7.52. The zero-order valence-corrected chi connectivity index (χ0v) is 16.5. The highest BCUT2D eigenvalue weighted by molar-refractivity contribution is 6.32. The maximum atomic E-state index is 12.2. The van der Waals surface area contributed by atoms with E-state index in [2.05, 4.69) is 25.5 Å². The van der Waals surface area contributed by atoms with Crippen molar-refractivity contribution in [1.82, 2.24) is 25.5 Å². The summed E-state index contributed by atoms with van der Waals surface area (Å²) in [6, 6.07) is 8.50. The van der Waals surface area contributed by atoms with Crippen LogP contribution in [0.2, 0.25) is 0 Å². The Labute approximate surface area is 174 Å². The van der Waals surface area contributed by atoms with Gasteiger partial charge in [-0.25, -0.2) is 4.68 Å². The van der Waals surface area contributed by atoms with Gasteiger partial charge >= 0.3 is 7.32 Å². The highest BCUT2D eigenvalue weighted by atomic mass is 35.5. The van der Waals surface area contributed by atoms with E-state index in [1.165, 1.54) is 4.68 Å². The molecule has 13 heteroatoms. The molecule has 29 heavy (non-hydrogen) atoms. The first-order valence-electron chi connectivity index (χ1n) is 8.74. The second kappa shape index (κ2) is 12.8. The van der Waals surface area contributed by atoms with Gasteiger partial charge in [-0.2, -0.15) is 5.26 Å². The number of unbranched alkanes of at least 4 members (excludes halogenated alkanes) is 1. The van der Waals surface area contributed by atoms with Gasteiger partial charge in [-0.15, -0.1) is 17.5 Å². The minimum absolute atomic E-state index is 0. The number of nitrogens with one attached hydrogen (secondary N) is 1. The van der Waals surface area contributed by atoms with Gasteiger partial charge in [0, 0.05) is 13.2 Å². The monoisotopic (exact) mass is 423 g/mol. The number of halogens is 1. The van der Waals surface area contributed by atoms with Gasteiger partial charge in [-0.3, -0.25) is 4.79 Å². The lowest BCUT2D eigenvalue weighted by Crippen LogP contribution is -2.29. The lowest BCUT2D eigenvalue weighted by Gasteiger charge is -2.12. The molecule has 0 saturated carbocycles. The highest BCUT2D eigenvalue weighted by Crippen LogP contribution is 2.13. The number of carbonyl (C=O) groups is 1. The quantitative estimate of drug-likeness (QED) is 0.273. The Morgan fingerprint density at radius 1 is 1.34 bits per heavy atom. The molecule has 0 bridgehead atoms. The predicted octanol–water partition coefficient (Wildman–Crippen LogP) is -0.561. The number of tetrazole rings is 1. The molecule has 11 nitrogen and oxygen atoms in total. The highest BCUT2D eigenvalue weighted by Gasteiger charge is 2.17. The number of hydrogen-bond acceptors (Lipinski definition) is 9. The Morgan fingerprint density at radius 2 is 2.07 bits per heavy atom. The summed E-state index contributed by atoms with van der Waals surface area (Å²) in [5.74, 6) is 0.132. The van der Waals surface area contributed by atoms with E-state index in [4.69, 9.17) is 21.0 Å². The van der Waals surface area contributed by atoms with Crippen LogP contribution in [0, 0.1) is 11.3 Å². The predicted molar refractivity (Wildman–Crippen MR) is 105 cm³/mol. The summed E-state index contributed by atoms with van der Waals surface area (Å²) in [7, 11) is -1.77. The van der Waals surface area contributed by atoms with Crippen molar-refractivity contribution in [1.29, 1.82) is 5.26 Å². The summed E-state index contributed by atoms with van der Waals surface area (Å²) < 4.78 is 5.98. The van der Waals surface area contributed by atoms with Crippen molar-refractivity contribution in [2.45, 2.75) is 38.4 Å². The minimum Gasteiger partial charge on any atom is -0.402 e. The number of aromatic nitrogens is 4. The van der Waals surface area contributed by atoms with Gasteiger partial charge in [-0.1, -0.05) is 12.1 Å². The lowest BCUT2D eigenvalue weighted by molar-refractivity contribution is -0.122. The number of carbonyl (C=O) groups excluding carboxylic acids is 1. The van der Waals surface area contributed by atoms with E-state index in [0.717, 1.165) is 5.56 Å². The molecule has 0 fully saturated rings. The van der Waals surface area contributed by atoms with Gasteiger partial charge < -0.3 is 25.8 Å². The summed E-state index contributed by atoms with van der Waals surface area (Å²) in [6.45, 7) is 0.462. The summed E-state index contributed by atoms with van der Waals surface area (Å²) in [5, 5.41) is 40.0. The maximum Gasteiger partial charge on any atom is 0.633 e. The molecule has 1 unspecified atom stereocenters. The van der Waals surface area contributed by atoms with E-state index in [0.29, 0.717) is 37.2 Å². The molecule has 2 rings (SSSR count). The molecule has 0 radical (unpaired) electrons. The number of nitrogens with zero attached hydrogens (tertiary/aromatic N) is 5. The first-order chi connectivity index (χ1) is 13.5. The summed E-state index contributed by atoms with van der Waals surface area (Å²) >= 11 is 0. The van der Waals surface area contributed by atoms with E-state index < -0.39 is 13.4 Å². The fourth-order valence-electron chi connectivity index (χ4n) is 2.46. The molecule has 1 aromatic carbocycles. The fourth-order valence-corrected chi connectivity index (χ4v) is 2.46. The Bertz CT molecular complexity index is 797. The average molecular weight is 424 g/mol. The van der Waals surface area contributed by atoms with Crippen LogP contribution in [0.25, 0.3) is 0 Å².